The van der Waals surface area contributed by atoms with E-state index in [0.717, 1.165) is 58.4 Å². The average molecular weight is 431 g/mol. The van der Waals surface area contributed by atoms with Crippen LogP contribution in [0.4, 0.5) is 0 Å². The Bertz CT molecular complexity index is 798. The van der Waals surface area contributed by atoms with Crippen LogP contribution in [0.15, 0.2) is 11.6 Å². The molecule has 0 spiro atoms. The average Bonchev–Trinajstić information content (AvgIpc) is 2.67. The highest BCUT2D eigenvalue weighted by atomic mass is 32.2. The van der Waals surface area contributed by atoms with Crippen LogP contribution in [0.3, 0.4) is 0 Å². The summed E-state index contributed by atoms with van der Waals surface area (Å²) >= 11 is 0. The van der Waals surface area contributed by atoms with E-state index in [9.17, 15) is 8.42 Å². The molecule has 0 unspecified atom stereocenters. The van der Waals surface area contributed by atoms with E-state index in [1.165, 1.54) is 0 Å². The molecule has 7 nitrogen and oxygen atoms in total. The molecule has 1 aromatic rings. The van der Waals surface area contributed by atoms with Crippen LogP contribution in [-0.2, 0) is 43.0 Å². The molecule has 1 rings (SSSR count). The molecule has 0 aliphatic heterocycles. The van der Waals surface area contributed by atoms with Crippen molar-refractivity contribution in [3.05, 3.63) is 33.9 Å². The summed E-state index contributed by atoms with van der Waals surface area (Å²) in [5, 5.41) is 0. The fourth-order valence-corrected chi connectivity index (χ4v) is 3.52. The van der Waals surface area contributed by atoms with Crippen molar-refractivity contribution in [1.29, 1.82) is 0 Å². The maximum atomic E-state index is 11.2. The molecule has 0 fully saturated rings. The van der Waals surface area contributed by atoms with Crippen molar-refractivity contribution in [3.63, 3.8) is 0 Å². The van der Waals surface area contributed by atoms with Gasteiger partial charge in [-0.15, -0.1) is 0 Å². The van der Waals surface area contributed by atoms with Gasteiger partial charge in [-0.2, -0.15) is 8.42 Å². The zero-order chi connectivity index (χ0) is 22.0. The first kappa shape index (κ1) is 25.4. The molecule has 0 aliphatic carbocycles. The molecule has 1 aromatic carbocycles. The van der Waals surface area contributed by atoms with Crippen molar-refractivity contribution in [2.24, 2.45) is 0 Å². The monoisotopic (exact) mass is 430 g/mol. The molecule has 0 N–H and O–H groups in total. The summed E-state index contributed by atoms with van der Waals surface area (Å²) in [6.07, 6.45) is 5.10. The van der Waals surface area contributed by atoms with Crippen molar-refractivity contribution in [3.8, 4) is 11.5 Å². The number of ether oxygens (including phenoxy) is 4. The minimum absolute atomic E-state index is 0.0207. The molecule has 0 aromatic heterocycles. The van der Waals surface area contributed by atoms with Crippen molar-refractivity contribution < 1.29 is 31.5 Å². The molecule has 166 valence electrons. The van der Waals surface area contributed by atoms with Crippen LogP contribution in [0.25, 0.3) is 0 Å². The number of allylic oxidation sites excluding steroid dienone is 1. The summed E-state index contributed by atoms with van der Waals surface area (Å²) in [5.41, 5.74) is 4.92. The SMILES string of the molecule is CCc1c(CC)c(OCOC)c(C/C=C(\C)COS(C)(=O)=O)c(C)c1OCOC. The smallest absolute Gasteiger partial charge is 0.264 e. The Labute approximate surface area is 175 Å². The van der Waals surface area contributed by atoms with E-state index >= 15 is 0 Å². The van der Waals surface area contributed by atoms with Crippen molar-refractivity contribution in [1.82, 2.24) is 0 Å². The molecule has 0 heterocycles. The van der Waals surface area contributed by atoms with Gasteiger partial charge in [-0.1, -0.05) is 19.9 Å². The first-order chi connectivity index (χ1) is 13.7. The highest BCUT2D eigenvalue weighted by Gasteiger charge is 2.22. The number of benzene rings is 1. The van der Waals surface area contributed by atoms with E-state index in [0.29, 0.717) is 6.42 Å². The predicted octanol–water partition coefficient (Wildman–Crippen LogP) is 3.55. The minimum atomic E-state index is -3.48. The molecule has 0 aliphatic rings. The molecular formula is C21H34O7S. The summed E-state index contributed by atoms with van der Waals surface area (Å²) in [5.74, 6) is 1.60. The normalized spacial score (nSPS) is 12.3. The lowest BCUT2D eigenvalue weighted by Gasteiger charge is -2.24. The van der Waals surface area contributed by atoms with Crippen LogP contribution in [-0.4, -0.2) is 49.1 Å². The standard InChI is InChI=1S/C21H34O7S/c1-8-17-18(9-2)21(27-14-25-6)19(16(4)20(17)26-13-24-5)11-10-15(3)12-28-29(7,22)23/h10H,8-9,11-14H2,1-7H3/b15-10+. The van der Waals surface area contributed by atoms with E-state index in [4.69, 9.17) is 23.1 Å². The van der Waals surface area contributed by atoms with Crippen LogP contribution in [0.5, 0.6) is 11.5 Å². The zero-order valence-corrected chi connectivity index (χ0v) is 19.4. The topological polar surface area (TPSA) is 80.3 Å². The Morgan fingerprint density at radius 1 is 0.931 bits per heavy atom. The zero-order valence-electron chi connectivity index (χ0n) is 18.6. The second-order valence-electron chi connectivity index (χ2n) is 6.75. The first-order valence-electron chi connectivity index (χ1n) is 9.60. The van der Waals surface area contributed by atoms with Gasteiger partial charge in [0, 0.05) is 30.9 Å². The third kappa shape index (κ3) is 7.62. The van der Waals surface area contributed by atoms with Crippen LogP contribution in [0.2, 0.25) is 0 Å². The summed E-state index contributed by atoms with van der Waals surface area (Å²) < 4.78 is 49.5. The van der Waals surface area contributed by atoms with Crippen LogP contribution >= 0.6 is 0 Å². The number of hydrogen-bond donors (Lipinski definition) is 0. The van der Waals surface area contributed by atoms with E-state index in [-0.39, 0.29) is 20.2 Å². The Kier molecular flexibility index (Phi) is 10.7. The van der Waals surface area contributed by atoms with Gasteiger partial charge in [0.15, 0.2) is 13.6 Å². The van der Waals surface area contributed by atoms with E-state index in [1.807, 2.05) is 19.9 Å². The Morgan fingerprint density at radius 2 is 1.45 bits per heavy atom. The Hall–Kier alpha value is -1.61. The molecular weight excluding hydrogens is 396 g/mol. The largest absolute Gasteiger partial charge is 0.467 e. The third-order valence-electron chi connectivity index (χ3n) is 4.48. The fourth-order valence-electron chi connectivity index (χ4n) is 3.12. The number of rotatable bonds is 13. The molecule has 0 amide bonds. The van der Waals surface area contributed by atoms with E-state index < -0.39 is 10.1 Å². The van der Waals surface area contributed by atoms with Gasteiger partial charge in [-0.05, 0) is 44.2 Å². The molecule has 0 saturated carbocycles. The van der Waals surface area contributed by atoms with Gasteiger partial charge in [0.1, 0.15) is 11.5 Å². The lowest BCUT2D eigenvalue weighted by molar-refractivity contribution is 0.0463. The molecule has 0 saturated heterocycles. The van der Waals surface area contributed by atoms with Crippen LogP contribution in [0, 0.1) is 6.92 Å². The van der Waals surface area contributed by atoms with Crippen LogP contribution in [0.1, 0.15) is 43.0 Å². The highest BCUT2D eigenvalue weighted by molar-refractivity contribution is 7.86. The van der Waals surface area contributed by atoms with Gasteiger partial charge in [-0.25, -0.2) is 0 Å². The second-order valence-corrected chi connectivity index (χ2v) is 8.39. The predicted molar refractivity (Wildman–Crippen MR) is 113 cm³/mol. The molecule has 0 radical (unpaired) electrons. The lowest BCUT2D eigenvalue weighted by Crippen LogP contribution is -2.12. The fraction of sp³-hybridized carbons (Fsp3) is 0.619. The van der Waals surface area contributed by atoms with E-state index in [2.05, 4.69) is 13.8 Å². The van der Waals surface area contributed by atoms with Gasteiger partial charge in [0.25, 0.3) is 10.1 Å². The Balaban J connectivity index is 3.43. The quantitative estimate of drug-likeness (QED) is 0.269. The molecule has 0 bridgehead atoms. The van der Waals surface area contributed by atoms with Gasteiger partial charge in [-0.3, -0.25) is 4.18 Å². The van der Waals surface area contributed by atoms with Crippen molar-refractivity contribution in [2.75, 3.05) is 40.7 Å². The summed E-state index contributed by atoms with van der Waals surface area (Å²) in [7, 11) is -0.308. The van der Waals surface area contributed by atoms with Crippen molar-refractivity contribution >= 4 is 10.1 Å². The first-order valence-corrected chi connectivity index (χ1v) is 11.4. The van der Waals surface area contributed by atoms with E-state index in [1.54, 1.807) is 14.2 Å². The van der Waals surface area contributed by atoms with Gasteiger partial charge in [0.05, 0.1) is 12.9 Å². The third-order valence-corrected chi connectivity index (χ3v) is 5.03. The summed E-state index contributed by atoms with van der Waals surface area (Å²) in [6.45, 7) is 8.31. The van der Waals surface area contributed by atoms with Gasteiger partial charge < -0.3 is 18.9 Å². The van der Waals surface area contributed by atoms with Crippen LogP contribution < -0.4 is 9.47 Å². The number of methoxy groups -OCH3 is 2. The lowest BCUT2D eigenvalue weighted by atomic mass is 9.91. The van der Waals surface area contributed by atoms with Gasteiger partial charge >= 0.3 is 0 Å². The maximum Gasteiger partial charge on any atom is 0.264 e. The molecule has 8 heteroatoms. The summed E-state index contributed by atoms with van der Waals surface area (Å²) in [4.78, 5) is 0. The number of hydrogen-bond acceptors (Lipinski definition) is 7. The molecule has 29 heavy (non-hydrogen) atoms. The highest BCUT2D eigenvalue weighted by Crippen LogP contribution is 2.40. The van der Waals surface area contributed by atoms with Crippen molar-refractivity contribution in [2.45, 2.75) is 47.0 Å². The molecule has 0 atom stereocenters. The second kappa shape index (κ2) is 12.2. The summed E-state index contributed by atoms with van der Waals surface area (Å²) in [6, 6.07) is 0. The maximum absolute atomic E-state index is 11.2. The van der Waals surface area contributed by atoms with Gasteiger partial charge in [0.2, 0.25) is 0 Å². The minimum Gasteiger partial charge on any atom is -0.467 e. The Morgan fingerprint density at radius 3 is 1.93 bits per heavy atom.